The number of rotatable bonds is 7. The molecule has 0 aliphatic rings. The molecule has 1 N–H and O–H groups in total. The molecule has 0 aromatic rings. The van der Waals surface area contributed by atoms with Gasteiger partial charge in [-0.3, -0.25) is 4.79 Å². The summed E-state index contributed by atoms with van der Waals surface area (Å²) >= 11 is 0. The molecule has 0 unspecified atom stereocenters. The summed E-state index contributed by atoms with van der Waals surface area (Å²) in [5.41, 5.74) is 0. The normalized spacial score (nSPS) is 10.4. The molecule has 0 saturated carbocycles. The number of hydrogen-bond acceptors (Lipinski definition) is 4. The van der Waals surface area contributed by atoms with Crippen molar-refractivity contribution in [3.8, 4) is 11.8 Å². The number of ether oxygens (including phenoxy) is 1. The fourth-order valence-electron chi connectivity index (χ4n) is 0.975. The van der Waals surface area contributed by atoms with E-state index in [1.165, 1.54) is 7.11 Å². The first-order chi connectivity index (χ1) is 7.52. The maximum Gasteiger partial charge on any atom is 0.305 e. The van der Waals surface area contributed by atoms with Gasteiger partial charge in [0.05, 0.1) is 12.9 Å². The van der Waals surface area contributed by atoms with E-state index < -0.39 is 16.0 Å². The van der Waals surface area contributed by atoms with Crippen LogP contribution in [0.25, 0.3) is 0 Å². The van der Waals surface area contributed by atoms with Gasteiger partial charge in [0, 0.05) is 19.4 Å². The lowest BCUT2D eigenvalue weighted by molar-refractivity contribution is -0.140. The average molecular weight is 247 g/mol. The second-order valence-electron chi connectivity index (χ2n) is 3.07. The number of carbonyl (C=O) groups is 1. The van der Waals surface area contributed by atoms with Crippen LogP contribution in [-0.4, -0.2) is 33.8 Å². The van der Waals surface area contributed by atoms with Crippen LogP contribution in [0.1, 0.15) is 26.2 Å². The van der Waals surface area contributed by atoms with E-state index in [1.807, 2.05) is 0 Å². The summed E-state index contributed by atoms with van der Waals surface area (Å²) in [6.07, 6.45) is 0.875. The molecule has 0 bridgehead atoms. The Bertz CT molecular complexity index is 364. The van der Waals surface area contributed by atoms with E-state index in [2.05, 4.69) is 21.3 Å². The smallest absolute Gasteiger partial charge is 0.305 e. The molecule has 0 fully saturated rings. The summed E-state index contributed by atoms with van der Waals surface area (Å²) in [5, 5.41) is 0. The standard InChI is InChI=1S/C10H17NO4S/c1-3-4-5-8-11-16(13,14)9-6-7-10(12)15-2/h11H,5-9H2,1-2H3. The van der Waals surface area contributed by atoms with Gasteiger partial charge < -0.3 is 4.74 Å². The molecule has 0 amide bonds. The van der Waals surface area contributed by atoms with Crippen LogP contribution in [0.3, 0.4) is 0 Å². The summed E-state index contributed by atoms with van der Waals surface area (Å²) in [5.74, 6) is 4.96. The van der Waals surface area contributed by atoms with Crippen molar-refractivity contribution in [3.63, 3.8) is 0 Å². The number of carbonyl (C=O) groups excluding carboxylic acids is 1. The van der Waals surface area contributed by atoms with Crippen LogP contribution in [0, 0.1) is 11.8 Å². The highest BCUT2D eigenvalue weighted by molar-refractivity contribution is 7.89. The Labute approximate surface area is 96.6 Å². The van der Waals surface area contributed by atoms with Gasteiger partial charge in [0.2, 0.25) is 10.0 Å². The van der Waals surface area contributed by atoms with Crippen molar-refractivity contribution in [2.24, 2.45) is 0 Å². The van der Waals surface area contributed by atoms with Crippen molar-refractivity contribution in [2.45, 2.75) is 26.2 Å². The van der Waals surface area contributed by atoms with Crippen LogP contribution in [-0.2, 0) is 19.6 Å². The third-order valence-electron chi connectivity index (χ3n) is 1.77. The van der Waals surface area contributed by atoms with Crippen LogP contribution in [0.15, 0.2) is 0 Å². The molecule has 0 saturated heterocycles. The summed E-state index contributed by atoms with van der Waals surface area (Å²) in [7, 11) is -2.02. The summed E-state index contributed by atoms with van der Waals surface area (Å²) in [4.78, 5) is 10.7. The number of sulfonamides is 1. The fourth-order valence-corrected chi connectivity index (χ4v) is 2.06. The Morgan fingerprint density at radius 3 is 2.69 bits per heavy atom. The SMILES string of the molecule is CC#CCCNS(=O)(=O)CCCC(=O)OC. The lowest BCUT2D eigenvalue weighted by Gasteiger charge is -2.04. The maximum absolute atomic E-state index is 11.4. The molecule has 0 aliphatic heterocycles. The lowest BCUT2D eigenvalue weighted by Crippen LogP contribution is -2.27. The van der Waals surface area contributed by atoms with Gasteiger partial charge in [0.15, 0.2) is 0 Å². The van der Waals surface area contributed by atoms with E-state index in [9.17, 15) is 13.2 Å². The summed E-state index contributed by atoms with van der Waals surface area (Å²) in [6, 6.07) is 0. The molecule has 0 aromatic heterocycles. The van der Waals surface area contributed by atoms with Crippen molar-refractivity contribution < 1.29 is 17.9 Å². The van der Waals surface area contributed by atoms with E-state index in [1.54, 1.807) is 6.92 Å². The van der Waals surface area contributed by atoms with E-state index >= 15 is 0 Å². The van der Waals surface area contributed by atoms with Crippen molar-refractivity contribution in [3.05, 3.63) is 0 Å². The molecule has 0 atom stereocenters. The van der Waals surface area contributed by atoms with Gasteiger partial charge in [-0.2, -0.15) is 0 Å². The predicted octanol–water partition coefficient (Wildman–Crippen LogP) is 0.272. The number of nitrogens with one attached hydrogen (secondary N) is 1. The largest absolute Gasteiger partial charge is 0.469 e. The van der Waals surface area contributed by atoms with E-state index in [-0.39, 0.29) is 18.6 Å². The van der Waals surface area contributed by atoms with Gasteiger partial charge in [-0.1, -0.05) is 0 Å². The van der Waals surface area contributed by atoms with Gasteiger partial charge in [-0.15, -0.1) is 11.8 Å². The van der Waals surface area contributed by atoms with E-state index in [4.69, 9.17) is 0 Å². The molecular formula is C10H17NO4S. The van der Waals surface area contributed by atoms with Gasteiger partial charge in [0.25, 0.3) is 0 Å². The third kappa shape index (κ3) is 8.26. The zero-order valence-electron chi connectivity index (χ0n) is 9.58. The van der Waals surface area contributed by atoms with Crippen molar-refractivity contribution in [2.75, 3.05) is 19.4 Å². The Morgan fingerprint density at radius 1 is 1.44 bits per heavy atom. The van der Waals surface area contributed by atoms with Gasteiger partial charge >= 0.3 is 5.97 Å². The number of esters is 1. The second kappa shape index (κ2) is 8.13. The van der Waals surface area contributed by atoms with Crippen LogP contribution in [0.4, 0.5) is 0 Å². The van der Waals surface area contributed by atoms with Crippen LogP contribution < -0.4 is 4.72 Å². The van der Waals surface area contributed by atoms with Crippen LogP contribution in [0.2, 0.25) is 0 Å². The fraction of sp³-hybridized carbons (Fsp3) is 0.700. The lowest BCUT2D eigenvalue weighted by atomic mass is 10.3. The molecule has 0 aliphatic carbocycles. The first-order valence-electron chi connectivity index (χ1n) is 4.95. The summed E-state index contributed by atoms with van der Waals surface area (Å²) in [6.45, 7) is 2.01. The van der Waals surface area contributed by atoms with Crippen LogP contribution in [0.5, 0.6) is 0 Å². The van der Waals surface area contributed by atoms with Crippen molar-refractivity contribution in [1.82, 2.24) is 4.72 Å². The molecular weight excluding hydrogens is 230 g/mol. The highest BCUT2D eigenvalue weighted by Crippen LogP contribution is 1.96. The van der Waals surface area contributed by atoms with E-state index in [0.717, 1.165) is 0 Å². The summed E-state index contributed by atoms with van der Waals surface area (Å²) < 4.78 is 29.5. The Hall–Kier alpha value is -1.06. The number of hydrogen-bond donors (Lipinski definition) is 1. The van der Waals surface area contributed by atoms with Crippen molar-refractivity contribution >= 4 is 16.0 Å². The molecule has 0 spiro atoms. The van der Waals surface area contributed by atoms with Crippen LogP contribution >= 0.6 is 0 Å². The highest BCUT2D eigenvalue weighted by Gasteiger charge is 2.10. The minimum atomic E-state index is -3.29. The molecule has 92 valence electrons. The maximum atomic E-state index is 11.4. The molecule has 16 heavy (non-hydrogen) atoms. The van der Waals surface area contributed by atoms with E-state index in [0.29, 0.717) is 13.0 Å². The highest BCUT2D eigenvalue weighted by atomic mass is 32.2. The zero-order valence-corrected chi connectivity index (χ0v) is 10.4. The first kappa shape index (κ1) is 14.9. The predicted molar refractivity (Wildman–Crippen MR) is 61.1 cm³/mol. The zero-order chi connectivity index (χ0) is 12.4. The second-order valence-corrected chi connectivity index (χ2v) is 5.00. The monoisotopic (exact) mass is 247 g/mol. The Balaban J connectivity index is 3.77. The Kier molecular flexibility index (Phi) is 7.60. The quantitative estimate of drug-likeness (QED) is 0.398. The average Bonchev–Trinajstić information content (AvgIpc) is 2.24. The molecule has 5 nitrogen and oxygen atoms in total. The molecule has 6 heteroatoms. The molecule has 0 heterocycles. The topological polar surface area (TPSA) is 72.5 Å². The minimum Gasteiger partial charge on any atom is -0.469 e. The molecule has 0 aromatic carbocycles. The van der Waals surface area contributed by atoms with Gasteiger partial charge in [0.1, 0.15) is 0 Å². The first-order valence-corrected chi connectivity index (χ1v) is 6.61. The van der Waals surface area contributed by atoms with Gasteiger partial charge in [-0.25, -0.2) is 13.1 Å². The van der Waals surface area contributed by atoms with Crippen molar-refractivity contribution in [1.29, 1.82) is 0 Å². The van der Waals surface area contributed by atoms with Gasteiger partial charge in [-0.05, 0) is 13.3 Å². The number of methoxy groups -OCH3 is 1. The third-order valence-corrected chi connectivity index (χ3v) is 3.24. The Morgan fingerprint density at radius 2 is 2.12 bits per heavy atom. The molecule has 0 radical (unpaired) electrons. The molecule has 0 rings (SSSR count). The minimum absolute atomic E-state index is 0.0678.